The van der Waals surface area contributed by atoms with Gasteiger partial charge in [0.25, 0.3) is 0 Å². The van der Waals surface area contributed by atoms with Crippen molar-refractivity contribution in [1.29, 1.82) is 0 Å². The van der Waals surface area contributed by atoms with Crippen molar-refractivity contribution in [3.63, 3.8) is 0 Å². The standard InChI is InChI=1S/C34H10O2/c1-3-4-5-6-7-8-9-10-11-12-13-14-15-16-17-18-19-20-21-22-27-36-32-25-26-33-31(28-32)24-23-30(2)34(33)29-35/h1,23-26,28-29H,2H3. The molecule has 2 aromatic carbocycles. The lowest BCUT2D eigenvalue weighted by Gasteiger charge is -2.05. The van der Waals surface area contributed by atoms with Crippen LogP contribution in [0.25, 0.3) is 10.8 Å². The van der Waals surface area contributed by atoms with E-state index in [9.17, 15) is 4.79 Å². The molecule has 0 saturated heterocycles. The number of carbonyl (C=O) groups is 1. The summed E-state index contributed by atoms with van der Waals surface area (Å²) in [7, 11) is 0. The number of aryl methyl sites for hydroxylation is 1. The van der Waals surface area contributed by atoms with E-state index in [4.69, 9.17) is 11.2 Å². The highest BCUT2D eigenvalue weighted by Crippen LogP contribution is 2.25. The summed E-state index contributed by atoms with van der Waals surface area (Å²) in [6, 6.07) is 9.19. The van der Waals surface area contributed by atoms with Crippen LogP contribution in [0.2, 0.25) is 0 Å². The lowest BCUT2D eigenvalue weighted by Crippen LogP contribution is -1.89. The molecule has 0 radical (unpaired) electrons. The first-order valence-electron chi connectivity index (χ1n) is 9.87. The molecule has 0 unspecified atom stereocenters. The van der Waals surface area contributed by atoms with Gasteiger partial charge in [0, 0.05) is 76.6 Å². The zero-order valence-corrected chi connectivity index (χ0v) is 18.9. The van der Waals surface area contributed by atoms with Gasteiger partial charge in [-0.15, -0.1) is 6.42 Å². The first-order valence-corrected chi connectivity index (χ1v) is 9.87. The van der Waals surface area contributed by atoms with Gasteiger partial charge >= 0.3 is 0 Å². The van der Waals surface area contributed by atoms with Crippen molar-refractivity contribution in [2.75, 3.05) is 0 Å². The third-order valence-electron chi connectivity index (χ3n) is 3.79. The molecule has 36 heavy (non-hydrogen) atoms. The van der Waals surface area contributed by atoms with Crippen molar-refractivity contribution in [2.24, 2.45) is 0 Å². The second kappa shape index (κ2) is 16.0. The highest BCUT2D eigenvalue weighted by atomic mass is 16.5. The van der Waals surface area contributed by atoms with Crippen molar-refractivity contribution < 1.29 is 9.53 Å². The van der Waals surface area contributed by atoms with E-state index in [1.807, 2.05) is 31.2 Å². The molecule has 0 atom stereocenters. The molecule has 0 heterocycles. The molecule has 0 aliphatic carbocycles. The lowest BCUT2D eigenvalue weighted by atomic mass is 10.0. The second-order valence-corrected chi connectivity index (χ2v) is 6.02. The maximum Gasteiger partial charge on any atom is 0.150 e. The number of rotatable bonds is 2. The second-order valence-electron chi connectivity index (χ2n) is 6.02. The van der Waals surface area contributed by atoms with Crippen molar-refractivity contribution in [3.05, 3.63) is 41.5 Å². The van der Waals surface area contributed by atoms with E-state index in [-0.39, 0.29) is 0 Å². The number of aldehydes is 1. The van der Waals surface area contributed by atoms with Gasteiger partial charge in [-0.05, 0) is 88.8 Å². The normalized spacial score (nSPS) is 6.56. The third kappa shape index (κ3) is 9.64. The Morgan fingerprint density at radius 2 is 1.11 bits per heavy atom. The Hall–Kier alpha value is -6.67. The molecule has 2 aromatic rings. The highest BCUT2D eigenvalue weighted by Gasteiger charge is 2.04. The molecule has 0 saturated carbocycles. The van der Waals surface area contributed by atoms with Crippen LogP contribution in [-0.4, -0.2) is 6.29 Å². The molecule has 2 heteroatoms. The average molecular weight is 450 g/mol. The minimum Gasteiger partial charge on any atom is -0.407 e. The Morgan fingerprint density at radius 3 is 1.58 bits per heavy atom. The zero-order valence-electron chi connectivity index (χ0n) is 18.9. The van der Waals surface area contributed by atoms with Gasteiger partial charge in [0.05, 0.1) is 0 Å². The zero-order chi connectivity index (χ0) is 25.7. The summed E-state index contributed by atoms with van der Waals surface area (Å²) in [6.07, 6.45) is 8.28. The quantitative estimate of drug-likeness (QED) is 0.520. The topological polar surface area (TPSA) is 26.3 Å². The lowest BCUT2D eigenvalue weighted by molar-refractivity contribution is 0.112. The van der Waals surface area contributed by atoms with E-state index >= 15 is 0 Å². The van der Waals surface area contributed by atoms with Gasteiger partial charge in [-0.25, -0.2) is 0 Å². The molecule has 0 fully saturated rings. The third-order valence-corrected chi connectivity index (χ3v) is 3.79. The fourth-order valence-corrected chi connectivity index (χ4v) is 2.34. The number of hydrogen-bond acceptors (Lipinski definition) is 2. The summed E-state index contributed by atoms with van der Waals surface area (Å²) in [6.45, 7) is 1.89. The van der Waals surface area contributed by atoms with Crippen molar-refractivity contribution in [3.8, 4) is 137 Å². The van der Waals surface area contributed by atoms with Crippen LogP contribution < -0.4 is 4.74 Å². The minimum atomic E-state index is 0.548. The van der Waals surface area contributed by atoms with Gasteiger partial charge in [-0.1, -0.05) is 12.1 Å². The molecule has 2 nitrogen and oxygen atoms in total. The van der Waals surface area contributed by atoms with E-state index in [1.54, 1.807) is 6.07 Å². The summed E-state index contributed by atoms with van der Waals surface area (Å²) in [4.78, 5) is 11.3. The number of fused-ring (bicyclic) bond motifs is 1. The molecule has 2 rings (SSSR count). The number of ether oxygens (including phenoxy) is 1. The molecule has 0 aliphatic rings. The first-order chi connectivity index (χ1) is 17.8. The molecule has 158 valence electrons. The SMILES string of the molecule is C#CC#CC#CC#CC#CC#CC#CC#CC#CC#CC#COc1ccc2c(C=O)c(C)ccc2c1. The average Bonchev–Trinajstić information content (AvgIpc) is 2.89. The van der Waals surface area contributed by atoms with Crippen molar-refractivity contribution in [2.45, 2.75) is 6.92 Å². The number of benzene rings is 2. The van der Waals surface area contributed by atoms with E-state index < -0.39 is 0 Å². The van der Waals surface area contributed by atoms with Crippen LogP contribution in [0, 0.1) is 138 Å². The fourth-order valence-electron chi connectivity index (χ4n) is 2.34. The number of hydrogen-bond donors (Lipinski definition) is 0. The maximum atomic E-state index is 11.3. The molecule has 0 aromatic heterocycles. The summed E-state index contributed by atoms with van der Waals surface area (Å²) >= 11 is 0. The molecule has 0 aliphatic heterocycles. The first kappa shape index (κ1) is 25.6. The van der Waals surface area contributed by atoms with Crippen LogP contribution in [0.15, 0.2) is 30.3 Å². The molecular weight excluding hydrogens is 440 g/mol. The smallest absolute Gasteiger partial charge is 0.150 e. The van der Waals surface area contributed by atoms with Crippen LogP contribution in [0.3, 0.4) is 0 Å². The van der Waals surface area contributed by atoms with Crippen LogP contribution in [0.4, 0.5) is 0 Å². The van der Waals surface area contributed by atoms with Gasteiger partial charge in [0.15, 0.2) is 6.29 Å². The van der Waals surface area contributed by atoms with E-state index in [2.05, 4.69) is 125 Å². The Kier molecular flexibility index (Phi) is 11.4. The molecule has 0 N–H and O–H groups in total. The summed E-state index contributed by atoms with van der Waals surface area (Å²) in [5.41, 5.74) is 1.59. The van der Waals surface area contributed by atoms with Crippen LogP contribution in [0.1, 0.15) is 15.9 Å². The Balaban J connectivity index is 1.83. The maximum absolute atomic E-state index is 11.3. The van der Waals surface area contributed by atoms with Crippen LogP contribution in [-0.2, 0) is 0 Å². The number of terminal acetylenes is 1. The summed E-state index contributed by atoms with van der Waals surface area (Å²) in [5.74, 6) is 50.0. The molecule has 0 bridgehead atoms. The van der Waals surface area contributed by atoms with Gasteiger partial charge in [0.1, 0.15) is 11.9 Å². The Morgan fingerprint density at radius 1 is 0.639 bits per heavy atom. The van der Waals surface area contributed by atoms with Crippen LogP contribution in [0.5, 0.6) is 5.75 Å². The number of carbonyl (C=O) groups excluding carboxylic acids is 1. The van der Waals surface area contributed by atoms with E-state index in [1.165, 1.54) is 0 Å². The summed E-state index contributed by atoms with van der Waals surface area (Å²) < 4.78 is 5.36. The van der Waals surface area contributed by atoms with Gasteiger partial charge in [-0.3, -0.25) is 4.79 Å². The predicted octanol–water partition coefficient (Wildman–Crippen LogP) is 2.96. The van der Waals surface area contributed by atoms with Gasteiger partial charge in [0.2, 0.25) is 0 Å². The van der Waals surface area contributed by atoms with Crippen molar-refractivity contribution >= 4 is 17.1 Å². The molecular formula is C34H10O2. The van der Waals surface area contributed by atoms with Crippen molar-refractivity contribution in [1.82, 2.24) is 0 Å². The molecule has 0 spiro atoms. The molecule has 0 amide bonds. The Bertz CT molecular complexity index is 1900. The largest absolute Gasteiger partial charge is 0.407 e. The van der Waals surface area contributed by atoms with E-state index in [0.717, 1.165) is 22.6 Å². The van der Waals surface area contributed by atoms with Crippen LogP contribution >= 0.6 is 0 Å². The van der Waals surface area contributed by atoms with Gasteiger partial charge < -0.3 is 4.74 Å². The van der Waals surface area contributed by atoms with Gasteiger partial charge in [-0.2, -0.15) is 0 Å². The highest BCUT2D eigenvalue weighted by molar-refractivity contribution is 6.00. The monoisotopic (exact) mass is 450 g/mol. The Labute approximate surface area is 211 Å². The fraction of sp³-hybridized carbons (Fsp3) is 0.0294. The van der Waals surface area contributed by atoms with E-state index in [0.29, 0.717) is 11.3 Å². The minimum absolute atomic E-state index is 0.548. The summed E-state index contributed by atoms with van der Waals surface area (Å²) in [5, 5.41) is 1.75. The predicted molar refractivity (Wildman–Crippen MR) is 141 cm³/mol.